The number of ketones is 1. The summed E-state index contributed by atoms with van der Waals surface area (Å²) in [6.45, 7) is 0.557. The van der Waals surface area contributed by atoms with E-state index >= 15 is 0 Å². The Labute approximate surface area is 258 Å². The van der Waals surface area contributed by atoms with Gasteiger partial charge in [0.2, 0.25) is 0 Å². The first-order valence-electron chi connectivity index (χ1n) is 14.8. The Morgan fingerprint density at radius 1 is 0.733 bits per heavy atom. The number of Topliss-reactive ketones (excluding diaryl/α,β-unsaturated/α-hetero) is 1. The van der Waals surface area contributed by atoms with Crippen LogP contribution in [0, 0.1) is 11.3 Å². The summed E-state index contributed by atoms with van der Waals surface area (Å²) >= 11 is 0. The molecule has 0 spiro atoms. The van der Waals surface area contributed by atoms with Gasteiger partial charge in [0.1, 0.15) is 5.78 Å². The Balaban J connectivity index is 1.48. The van der Waals surface area contributed by atoms with Crippen molar-refractivity contribution in [1.29, 1.82) is 5.26 Å². The van der Waals surface area contributed by atoms with Gasteiger partial charge in [-0.25, -0.2) is 0 Å². The Morgan fingerprint density at radius 3 is 2.18 bits per heavy atom. The van der Waals surface area contributed by atoms with E-state index in [1.165, 1.54) is 6.07 Å². The molecule has 3 nitrogen and oxygen atoms in total. The summed E-state index contributed by atoms with van der Waals surface area (Å²) in [6.07, 6.45) is -4.39. The van der Waals surface area contributed by atoms with Gasteiger partial charge in [-0.2, -0.15) is 18.4 Å². The molecule has 0 heterocycles. The van der Waals surface area contributed by atoms with Crippen molar-refractivity contribution < 1.29 is 18.0 Å². The van der Waals surface area contributed by atoms with Crippen LogP contribution in [0.1, 0.15) is 57.2 Å². The zero-order valence-corrected chi connectivity index (χ0v) is 24.1. The SMILES string of the molecule is N#Cc1ccc(C2CC(=O)C(c3cccc(C(F)(F)F)c3)c3ccc4c(cc(CNc5ccccc5)c5ccccc54)c32)cc1. The first-order valence-corrected chi connectivity index (χ1v) is 14.8. The van der Waals surface area contributed by atoms with Gasteiger partial charge in [-0.15, -0.1) is 0 Å². The van der Waals surface area contributed by atoms with Gasteiger partial charge in [0.05, 0.1) is 23.1 Å². The van der Waals surface area contributed by atoms with Crippen LogP contribution in [0.4, 0.5) is 18.9 Å². The number of nitrogens with zero attached hydrogens (tertiary/aromatic N) is 1. The molecule has 2 atom stereocenters. The number of nitriles is 1. The molecule has 0 saturated heterocycles. The van der Waals surface area contributed by atoms with Crippen molar-refractivity contribution in [1.82, 2.24) is 0 Å². The van der Waals surface area contributed by atoms with E-state index in [2.05, 4.69) is 29.6 Å². The molecule has 45 heavy (non-hydrogen) atoms. The highest BCUT2D eigenvalue weighted by molar-refractivity contribution is 6.11. The van der Waals surface area contributed by atoms with Crippen LogP contribution in [-0.2, 0) is 17.5 Å². The summed E-state index contributed by atoms with van der Waals surface area (Å²) in [5.74, 6) is -1.30. The standard InChI is InChI=1S/C39H27F3N2O/c40-39(41,42)28-8-6-7-26(19-28)37-33-18-17-32-31-12-5-4-11-30(31)27(23-44-29-9-2-1-3-10-29)20-35(32)38(33)34(21-36(37)45)25-15-13-24(22-43)14-16-25/h1-20,34,37,44H,21,23H2. The van der Waals surface area contributed by atoms with Crippen molar-refractivity contribution in [3.63, 3.8) is 0 Å². The fourth-order valence-electron chi connectivity index (χ4n) is 6.76. The molecule has 0 fully saturated rings. The third-order valence-corrected chi connectivity index (χ3v) is 8.84. The summed E-state index contributed by atoms with van der Waals surface area (Å²) in [4.78, 5) is 14.0. The van der Waals surface area contributed by atoms with E-state index in [4.69, 9.17) is 0 Å². The average Bonchev–Trinajstić information content (AvgIpc) is 3.06. The van der Waals surface area contributed by atoms with Gasteiger partial charge in [0, 0.05) is 24.6 Å². The normalized spacial score (nSPS) is 16.4. The number of carbonyl (C=O) groups excluding carboxylic acids is 1. The van der Waals surface area contributed by atoms with Crippen molar-refractivity contribution in [3.8, 4) is 6.07 Å². The molecule has 0 aliphatic heterocycles. The molecule has 6 aromatic rings. The van der Waals surface area contributed by atoms with Crippen LogP contribution in [0.15, 0.2) is 121 Å². The van der Waals surface area contributed by atoms with Crippen LogP contribution < -0.4 is 5.32 Å². The van der Waals surface area contributed by atoms with Crippen LogP contribution in [0.5, 0.6) is 0 Å². The van der Waals surface area contributed by atoms with Gasteiger partial charge in [-0.1, -0.05) is 84.9 Å². The number of benzene rings is 6. The zero-order valence-electron chi connectivity index (χ0n) is 24.1. The van der Waals surface area contributed by atoms with Crippen molar-refractivity contribution >= 4 is 33.0 Å². The maximum Gasteiger partial charge on any atom is 0.416 e. The molecule has 0 saturated carbocycles. The molecule has 0 bridgehead atoms. The van der Waals surface area contributed by atoms with Gasteiger partial charge in [0.25, 0.3) is 0 Å². The zero-order chi connectivity index (χ0) is 31.1. The highest BCUT2D eigenvalue weighted by atomic mass is 19.4. The number of carbonyl (C=O) groups is 1. The van der Waals surface area contributed by atoms with E-state index in [9.17, 15) is 23.2 Å². The molecule has 6 heteroatoms. The van der Waals surface area contributed by atoms with Gasteiger partial charge in [-0.05, 0) is 85.8 Å². The van der Waals surface area contributed by atoms with Crippen LogP contribution in [0.2, 0.25) is 0 Å². The summed E-state index contributed by atoms with van der Waals surface area (Å²) in [6, 6.07) is 38.8. The maximum absolute atomic E-state index is 14.0. The maximum atomic E-state index is 14.0. The lowest BCUT2D eigenvalue weighted by Gasteiger charge is -2.33. The molecule has 7 rings (SSSR count). The van der Waals surface area contributed by atoms with E-state index in [1.807, 2.05) is 66.7 Å². The number of para-hydroxylation sites is 1. The van der Waals surface area contributed by atoms with Gasteiger partial charge < -0.3 is 5.32 Å². The molecule has 6 aromatic carbocycles. The lowest BCUT2D eigenvalue weighted by Crippen LogP contribution is -2.26. The molecule has 1 aliphatic carbocycles. The Morgan fingerprint density at radius 2 is 1.44 bits per heavy atom. The summed E-state index contributed by atoms with van der Waals surface area (Å²) in [5, 5.41) is 17.1. The van der Waals surface area contributed by atoms with E-state index in [1.54, 1.807) is 18.2 Å². The number of nitrogens with one attached hydrogen (secondary N) is 1. The molecule has 1 aliphatic rings. The molecule has 0 radical (unpaired) electrons. The predicted octanol–water partition coefficient (Wildman–Crippen LogP) is 9.73. The van der Waals surface area contributed by atoms with Crippen LogP contribution in [0.3, 0.4) is 0 Å². The third-order valence-electron chi connectivity index (χ3n) is 8.84. The fraction of sp³-hybridized carbons (Fsp3) is 0.128. The molecule has 2 unspecified atom stereocenters. The van der Waals surface area contributed by atoms with Gasteiger partial charge >= 0.3 is 6.18 Å². The number of hydrogen-bond donors (Lipinski definition) is 1. The lowest BCUT2D eigenvalue weighted by atomic mass is 9.69. The first kappa shape index (κ1) is 28.4. The minimum absolute atomic E-state index is 0.128. The van der Waals surface area contributed by atoms with E-state index in [-0.39, 0.29) is 18.1 Å². The average molecular weight is 597 g/mol. The fourth-order valence-corrected chi connectivity index (χ4v) is 6.76. The quantitative estimate of drug-likeness (QED) is 0.202. The number of rotatable bonds is 5. The van der Waals surface area contributed by atoms with Crippen molar-refractivity contribution in [3.05, 3.63) is 160 Å². The highest BCUT2D eigenvalue weighted by Gasteiger charge is 2.38. The van der Waals surface area contributed by atoms with Crippen molar-refractivity contribution in [2.45, 2.75) is 31.0 Å². The molecule has 220 valence electrons. The Bertz CT molecular complexity index is 2110. The minimum atomic E-state index is -4.52. The summed E-state index contributed by atoms with van der Waals surface area (Å²) < 4.78 is 41.3. The Kier molecular flexibility index (Phi) is 7.10. The molecule has 0 amide bonds. The van der Waals surface area contributed by atoms with Gasteiger partial charge in [-0.3, -0.25) is 4.79 Å². The molecule has 1 N–H and O–H groups in total. The van der Waals surface area contributed by atoms with E-state index in [0.29, 0.717) is 23.2 Å². The monoisotopic (exact) mass is 596 g/mol. The van der Waals surface area contributed by atoms with Crippen LogP contribution >= 0.6 is 0 Å². The number of fused-ring (bicyclic) bond motifs is 5. The van der Waals surface area contributed by atoms with Gasteiger partial charge in [0.15, 0.2) is 0 Å². The highest BCUT2D eigenvalue weighted by Crippen LogP contribution is 2.48. The molecular formula is C39H27F3N2O. The van der Waals surface area contributed by atoms with Crippen LogP contribution in [0.25, 0.3) is 21.5 Å². The predicted molar refractivity (Wildman–Crippen MR) is 171 cm³/mol. The topological polar surface area (TPSA) is 52.9 Å². The first-order chi connectivity index (χ1) is 21.8. The minimum Gasteiger partial charge on any atom is -0.381 e. The number of halogens is 3. The number of anilines is 1. The number of hydrogen-bond acceptors (Lipinski definition) is 3. The summed E-state index contributed by atoms with van der Waals surface area (Å²) in [5.41, 5.74) is 4.67. The second-order valence-electron chi connectivity index (χ2n) is 11.5. The molecular weight excluding hydrogens is 569 g/mol. The second-order valence-corrected chi connectivity index (χ2v) is 11.5. The third kappa shape index (κ3) is 5.21. The lowest BCUT2D eigenvalue weighted by molar-refractivity contribution is -0.137. The van der Waals surface area contributed by atoms with Crippen LogP contribution in [-0.4, -0.2) is 5.78 Å². The second kappa shape index (κ2) is 11.3. The smallest absolute Gasteiger partial charge is 0.381 e. The van der Waals surface area contributed by atoms with E-state index < -0.39 is 17.7 Å². The van der Waals surface area contributed by atoms with E-state index in [0.717, 1.165) is 56.1 Å². The Hall–Kier alpha value is -5.41. The summed E-state index contributed by atoms with van der Waals surface area (Å²) in [7, 11) is 0. The molecule has 0 aromatic heterocycles. The van der Waals surface area contributed by atoms with Crippen molar-refractivity contribution in [2.75, 3.05) is 5.32 Å². The number of alkyl halides is 3. The largest absolute Gasteiger partial charge is 0.416 e. The van der Waals surface area contributed by atoms with Crippen molar-refractivity contribution in [2.24, 2.45) is 0 Å².